The zero-order valence-corrected chi connectivity index (χ0v) is 8.72. The highest BCUT2D eigenvalue weighted by Crippen LogP contribution is 2.27. The third-order valence-electron chi connectivity index (χ3n) is 1.64. The fourth-order valence-corrected chi connectivity index (χ4v) is 1.44. The summed E-state index contributed by atoms with van der Waals surface area (Å²) >= 11 is 3.27. The largest absolute Gasteiger partial charge is 0.397 e. The Morgan fingerprint density at radius 2 is 2.00 bits per heavy atom. The molecule has 0 saturated heterocycles. The number of anilines is 2. The van der Waals surface area contributed by atoms with Crippen molar-refractivity contribution < 1.29 is 0 Å². The van der Waals surface area contributed by atoms with Crippen molar-refractivity contribution in [1.29, 1.82) is 0 Å². The highest BCUT2D eigenvalue weighted by molar-refractivity contribution is 9.10. The van der Waals surface area contributed by atoms with Gasteiger partial charge in [-0.1, -0.05) is 13.8 Å². The fraction of sp³-hybridized carbons (Fsp3) is 0.375. The number of nitrogens with two attached hydrogens (primary N) is 2. The molecule has 0 atom stereocenters. The Bertz CT molecular complexity index is 297. The van der Waals surface area contributed by atoms with Gasteiger partial charge in [-0.05, 0) is 27.9 Å². The van der Waals surface area contributed by atoms with Crippen LogP contribution in [0.3, 0.4) is 0 Å². The zero-order valence-electron chi connectivity index (χ0n) is 7.13. The maximum atomic E-state index is 5.74. The highest BCUT2D eigenvalue weighted by atomic mass is 79.9. The Hall–Kier alpha value is -0.770. The summed E-state index contributed by atoms with van der Waals surface area (Å²) in [5.41, 5.74) is 13.4. The van der Waals surface area contributed by atoms with Crippen LogP contribution in [-0.2, 0) is 0 Å². The molecule has 1 rings (SSSR count). The molecule has 0 aliphatic heterocycles. The van der Waals surface area contributed by atoms with Gasteiger partial charge < -0.3 is 11.5 Å². The van der Waals surface area contributed by atoms with Gasteiger partial charge in [-0.25, -0.2) is 4.98 Å². The number of aromatic nitrogens is 1. The lowest BCUT2D eigenvalue weighted by Gasteiger charge is -2.10. The molecule has 0 unspecified atom stereocenters. The fourth-order valence-electron chi connectivity index (χ4n) is 1.00. The maximum absolute atomic E-state index is 5.74. The zero-order chi connectivity index (χ0) is 9.30. The van der Waals surface area contributed by atoms with Crippen LogP contribution in [0.1, 0.15) is 25.5 Å². The quantitative estimate of drug-likeness (QED) is 0.726. The Kier molecular flexibility index (Phi) is 2.57. The molecule has 0 bridgehead atoms. The summed E-state index contributed by atoms with van der Waals surface area (Å²) in [6, 6.07) is 1.71. The predicted octanol–water partition coefficient (Wildman–Crippen LogP) is 2.13. The van der Waals surface area contributed by atoms with Crippen molar-refractivity contribution in [3.63, 3.8) is 0 Å². The van der Waals surface area contributed by atoms with Gasteiger partial charge in [-0.15, -0.1) is 0 Å². The normalized spacial score (nSPS) is 10.7. The van der Waals surface area contributed by atoms with Gasteiger partial charge in [0.05, 0.1) is 17.1 Å². The van der Waals surface area contributed by atoms with E-state index >= 15 is 0 Å². The summed E-state index contributed by atoms with van der Waals surface area (Å²) in [5, 5.41) is 0. The molecule has 0 radical (unpaired) electrons. The molecule has 12 heavy (non-hydrogen) atoms. The van der Waals surface area contributed by atoms with Crippen LogP contribution in [0.4, 0.5) is 11.4 Å². The minimum Gasteiger partial charge on any atom is -0.397 e. The molecular weight excluding hydrogens is 218 g/mol. The van der Waals surface area contributed by atoms with E-state index in [1.165, 1.54) is 0 Å². The minimum absolute atomic E-state index is 0.296. The molecular formula is C8H12BrN3. The molecule has 66 valence electrons. The molecule has 0 saturated carbocycles. The number of nitrogen functional groups attached to an aromatic ring is 2. The number of halogens is 1. The number of hydrogen-bond acceptors (Lipinski definition) is 3. The van der Waals surface area contributed by atoms with Gasteiger partial charge in [0.1, 0.15) is 4.60 Å². The number of rotatable bonds is 1. The van der Waals surface area contributed by atoms with Gasteiger partial charge in [-0.3, -0.25) is 0 Å². The standard InChI is InChI=1S/C8H12BrN3/c1-4(2)8-7(11)5(10)3-6(9)12-8/h3-4H,11H2,1-2H3,(H2,10,12). The molecule has 3 nitrogen and oxygen atoms in total. The summed E-state index contributed by atoms with van der Waals surface area (Å²) in [4.78, 5) is 4.24. The van der Waals surface area contributed by atoms with E-state index in [0.717, 1.165) is 10.3 Å². The second-order valence-electron chi connectivity index (χ2n) is 2.99. The Morgan fingerprint density at radius 1 is 1.42 bits per heavy atom. The monoisotopic (exact) mass is 229 g/mol. The van der Waals surface area contributed by atoms with E-state index in [-0.39, 0.29) is 0 Å². The van der Waals surface area contributed by atoms with Crippen molar-refractivity contribution in [3.05, 3.63) is 16.4 Å². The van der Waals surface area contributed by atoms with Crippen LogP contribution in [0.15, 0.2) is 10.7 Å². The molecule has 0 aliphatic rings. The average molecular weight is 230 g/mol. The smallest absolute Gasteiger partial charge is 0.108 e. The first-order chi connectivity index (χ1) is 5.52. The van der Waals surface area contributed by atoms with Gasteiger partial charge in [0, 0.05) is 0 Å². The van der Waals surface area contributed by atoms with E-state index in [9.17, 15) is 0 Å². The van der Waals surface area contributed by atoms with E-state index in [1.54, 1.807) is 6.07 Å². The van der Waals surface area contributed by atoms with E-state index in [2.05, 4.69) is 20.9 Å². The number of pyridine rings is 1. The molecule has 1 aromatic heterocycles. The maximum Gasteiger partial charge on any atom is 0.108 e. The van der Waals surface area contributed by atoms with Gasteiger partial charge in [0.25, 0.3) is 0 Å². The van der Waals surface area contributed by atoms with Crippen molar-refractivity contribution in [1.82, 2.24) is 4.98 Å². The first kappa shape index (κ1) is 9.32. The van der Waals surface area contributed by atoms with Gasteiger partial charge >= 0.3 is 0 Å². The molecule has 0 aliphatic carbocycles. The summed E-state index contributed by atoms with van der Waals surface area (Å²) in [6.07, 6.45) is 0. The van der Waals surface area contributed by atoms with Gasteiger partial charge in [-0.2, -0.15) is 0 Å². The molecule has 0 fully saturated rings. The summed E-state index contributed by atoms with van der Waals surface area (Å²) in [7, 11) is 0. The lowest BCUT2D eigenvalue weighted by atomic mass is 10.1. The van der Waals surface area contributed by atoms with Crippen LogP contribution in [-0.4, -0.2) is 4.98 Å². The summed E-state index contributed by atoms with van der Waals surface area (Å²) < 4.78 is 0.734. The van der Waals surface area contributed by atoms with Crippen LogP contribution in [0, 0.1) is 0 Å². The lowest BCUT2D eigenvalue weighted by molar-refractivity contribution is 0.823. The van der Waals surface area contributed by atoms with Crippen molar-refractivity contribution in [2.45, 2.75) is 19.8 Å². The van der Waals surface area contributed by atoms with Crippen molar-refractivity contribution in [2.75, 3.05) is 11.5 Å². The third-order valence-corrected chi connectivity index (χ3v) is 2.04. The first-order valence-corrected chi connectivity index (χ1v) is 4.53. The predicted molar refractivity (Wildman–Crippen MR) is 54.9 cm³/mol. The molecule has 0 spiro atoms. The third kappa shape index (κ3) is 1.69. The molecule has 1 heterocycles. The van der Waals surface area contributed by atoms with Gasteiger partial charge in [0.2, 0.25) is 0 Å². The van der Waals surface area contributed by atoms with E-state index in [4.69, 9.17) is 11.5 Å². The Labute approximate surface area is 80.3 Å². The average Bonchev–Trinajstić information content (AvgIpc) is 1.96. The second-order valence-corrected chi connectivity index (χ2v) is 3.80. The van der Waals surface area contributed by atoms with Crippen LogP contribution < -0.4 is 11.5 Å². The minimum atomic E-state index is 0.296. The molecule has 0 amide bonds. The molecule has 0 aromatic carbocycles. The van der Waals surface area contributed by atoms with Gasteiger partial charge in [0.15, 0.2) is 0 Å². The summed E-state index contributed by atoms with van der Waals surface area (Å²) in [5.74, 6) is 0.296. The Balaban J connectivity index is 3.28. The molecule has 4 N–H and O–H groups in total. The summed E-state index contributed by atoms with van der Waals surface area (Å²) in [6.45, 7) is 4.06. The topological polar surface area (TPSA) is 64.9 Å². The van der Waals surface area contributed by atoms with Crippen molar-refractivity contribution in [3.8, 4) is 0 Å². The SMILES string of the molecule is CC(C)c1nc(Br)cc(N)c1N. The highest BCUT2D eigenvalue weighted by Gasteiger charge is 2.09. The Morgan fingerprint density at radius 3 is 2.50 bits per heavy atom. The van der Waals surface area contributed by atoms with Crippen LogP contribution in [0.25, 0.3) is 0 Å². The lowest BCUT2D eigenvalue weighted by Crippen LogP contribution is -2.04. The van der Waals surface area contributed by atoms with E-state index in [1.807, 2.05) is 13.8 Å². The van der Waals surface area contributed by atoms with Crippen molar-refractivity contribution >= 4 is 27.3 Å². The first-order valence-electron chi connectivity index (χ1n) is 3.73. The van der Waals surface area contributed by atoms with Crippen LogP contribution in [0.2, 0.25) is 0 Å². The van der Waals surface area contributed by atoms with E-state index in [0.29, 0.717) is 17.3 Å². The van der Waals surface area contributed by atoms with E-state index < -0.39 is 0 Å². The number of hydrogen-bond donors (Lipinski definition) is 2. The van der Waals surface area contributed by atoms with Crippen LogP contribution >= 0.6 is 15.9 Å². The van der Waals surface area contributed by atoms with Crippen LogP contribution in [0.5, 0.6) is 0 Å². The number of nitrogens with zero attached hydrogens (tertiary/aromatic N) is 1. The molecule has 4 heteroatoms. The van der Waals surface area contributed by atoms with Crippen molar-refractivity contribution in [2.24, 2.45) is 0 Å². The molecule has 1 aromatic rings. The second kappa shape index (κ2) is 3.31.